The number of carbonyl (C=O) groups is 2. The zero-order valence-corrected chi connectivity index (χ0v) is 20.1. The Bertz CT molecular complexity index is 976. The summed E-state index contributed by atoms with van der Waals surface area (Å²) in [6.45, 7) is 12.6. The minimum atomic E-state index is -0.526. The van der Waals surface area contributed by atoms with Crippen LogP contribution in [-0.2, 0) is 14.3 Å². The predicted octanol–water partition coefficient (Wildman–Crippen LogP) is 6.01. The normalized spacial score (nSPS) is 11.4. The zero-order chi connectivity index (χ0) is 23.7. The van der Waals surface area contributed by atoms with Crippen LogP contribution < -0.4 is 10.1 Å². The lowest BCUT2D eigenvalue weighted by Gasteiger charge is -2.24. The van der Waals surface area contributed by atoms with Crippen LogP contribution in [0.4, 0.5) is 5.69 Å². The minimum absolute atomic E-state index is 0.0292. The molecule has 0 saturated heterocycles. The maximum absolute atomic E-state index is 12.9. The van der Waals surface area contributed by atoms with Crippen molar-refractivity contribution < 1.29 is 19.1 Å². The fraction of sp³-hybridized carbons (Fsp3) is 0.407. The fourth-order valence-electron chi connectivity index (χ4n) is 3.26. The Hall–Kier alpha value is -3.08. The number of anilines is 1. The SMILES string of the molecule is CCOC(=O)C=Cc1ccc(NC(=O)C(C)(C)CCCOc2cc(C)ccc2C)cc1C. The summed E-state index contributed by atoms with van der Waals surface area (Å²) in [5.41, 5.74) is 4.36. The first-order valence-electron chi connectivity index (χ1n) is 11.1. The standard InChI is InChI=1S/C27H35NO4/c1-7-31-25(29)14-12-22-11-13-23(18-21(22)4)28-26(30)27(5,6)15-8-16-32-24-17-19(2)9-10-20(24)3/h9-14,17-18H,7-8,15-16H2,1-6H3,(H,28,30). The van der Waals surface area contributed by atoms with Gasteiger partial charge in [-0.15, -0.1) is 0 Å². The topological polar surface area (TPSA) is 64.6 Å². The van der Waals surface area contributed by atoms with Gasteiger partial charge in [0.25, 0.3) is 0 Å². The van der Waals surface area contributed by atoms with E-state index >= 15 is 0 Å². The molecule has 1 N–H and O–H groups in total. The van der Waals surface area contributed by atoms with E-state index in [1.807, 2.05) is 58.9 Å². The van der Waals surface area contributed by atoms with Gasteiger partial charge < -0.3 is 14.8 Å². The lowest BCUT2D eigenvalue weighted by Crippen LogP contribution is -2.31. The molecule has 0 aliphatic carbocycles. The van der Waals surface area contributed by atoms with Gasteiger partial charge in [0, 0.05) is 17.2 Å². The van der Waals surface area contributed by atoms with Gasteiger partial charge >= 0.3 is 5.97 Å². The molecule has 0 saturated carbocycles. The summed E-state index contributed by atoms with van der Waals surface area (Å²) < 4.78 is 10.8. The quantitative estimate of drug-likeness (QED) is 0.281. The van der Waals surface area contributed by atoms with E-state index in [1.54, 1.807) is 13.0 Å². The molecule has 2 aromatic rings. The molecule has 0 fully saturated rings. The maximum atomic E-state index is 12.9. The second kappa shape index (κ2) is 11.5. The third kappa shape index (κ3) is 7.56. The van der Waals surface area contributed by atoms with Crippen molar-refractivity contribution in [1.29, 1.82) is 0 Å². The van der Waals surface area contributed by atoms with E-state index in [2.05, 4.69) is 17.4 Å². The average molecular weight is 438 g/mol. The van der Waals surface area contributed by atoms with Gasteiger partial charge in [0.2, 0.25) is 5.91 Å². The molecule has 5 heteroatoms. The van der Waals surface area contributed by atoms with Crippen LogP contribution in [0.25, 0.3) is 6.08 Å². The molecule has 5 nitrogen and oxygen atoms in total. The van der Waals surface area contributed by atoms with Crippen molar-refractivity contribution in [3.63, 3.8) is 0 Å². The van der Waals surface area contributed by atoms with Crippen LogP contribution in [-0.4, -0.2) is 25.1 Å². The van der Waals surface area contributed by atoms with Crippen molar-refractivity contribution >= 4 is 23.6 Å². The third-order valence-corrected chi connectivity index (χ3v) is 5.38. The molecule has 0 aliphatic heterocycles. The fourth-order valence-corrected chi connectivity index (χ4v) is 3.26. The first kappa shape index (κ1) is 25.2. The molecule has 0 bridgehead atoms. The second-order valence-electron chi connectivity index (χ2n) is 8.72. The van der Waals surface area contributed by atoms with Gasteiger partial charge in [-0.25, -0.2) is 4.79 Å². The largest absolute Gasteiger partial charge is 0.493 e. The van der Waals surface area contributed by atoms with E-state index in [0.717, 1.165) is 34.5 Å². The molecule has 1 amide bonds. The lowest BCUT2D eigenvalue weighted by atomic mass is 9.86. The van der Waals surface area contributed by atoms with E-state index in [4.69, 9.17) is 9.47 Å². The Labute approximate surface area is 191 Å². The van der Waals surface area contributed by atoms with Gasteiger partial charge in [-0.2, -0.15) is 0 Å². The van der Waals surface area contributed by atoms with Crippen molar-refractivity contribution in [3.8, 4) is 5.75 Å². The number of nitrogens with one attached hydrogen (secondary N) is 1. The Morgan fingerprint density at radius 3 is 2.47 bits per heavy atom. The summed E-state index contributed by atoms with van der Waals surface area (Å²) in [5, 5.41) is 3.02. The minimum Gasteiger partial charge on any atom is -0.493 e. The first-order valence-corrected chi connectivity index (χ1v) is 11.1. The van der Waals surface area contributed by atoms with Crippen LogP contribution in [0.1, 0.15) is 55.9 Å². The number of carbonyl (C=O) groups excluding carboxylic acids is 2. The van der Waals surface area contributed by atoms with Gasteiger partial charge in [-0.05, 0) is 87.1 Å². The molecule has 2 aromatic carbocycles. The molecule has 0 aromatic heterocycles. The van der Waals surface area contributed by atoms with E-state index in [-0.39, 0.29) is 11.9 Å². The molecule has 0 unspecified atom stereocenters. The van der Waals surface area contributed by atoms with Crippen molar-refractivity contribution in [2.75, 3.05) is 18.5 Å². The number of rotatable bonds is 10. The van der Waals surface area contributed by atoms with Gasteiger partial charge in [0.15, 0.2) is 0 Å². The van der Waals surface area contributed by atoms with Gasteiger partial charge in [-0.1, -0.05) is 32.0 Å². The Morgan fingerprint density at radius 2 is 1.78 bits per heavy atom. The number of aryl methyl sites for hydroxylation is 3. The summed E-state index contributed by atoms with van der Waals surface area (Å²) in [4.78, 5) is 24.3. The molecular formula is C27H35NO4. The summed E-state index contributed by atoms with van der Waals surface area (Å²) in [6.07, 6.45) is 4.62. The summed E-state index contributed by atoms with van der Waals surface area (Å²) >= 11 is 0. The van der Waals surface area contributed by atoms with E-state index in [9.17, 15) is 9.59 Å². The van der Waals surface area contributed by atoms with Crippen LogP contribution >= 0.6 is 0 Å². The molecule has 172 valence electrons. The second-order valence-corrected chi connectivity index (χ2v) is 8.72. The van der Waals surface area contributed by atoms with E-state index in [1.165, 1.54) is 11.6 Å². The van der Waals surface area contributed by atoms with Gasteiger partial charge in [0.05, 0.1) is 13.2 Å². The van der Waals surface area contributed by atoms with E-state index in [0.29, 0.717) is 19.6 Å². The van der Waals surface area contributed by atoms with Crippen molar-refractivity contribution in [2.45, 2.75) is 54.4 Å². The highest BCUT2D eigenvalue weighted by atomic mass is 16.5. The van der Waals surface area contributed by atoms with Gasteiger partial charge in [0.1, 0.15) is 5.75 Å². The number of amides is 1. The van der Waals surface area contributed by atoms with Crippen LogP contribution in [0.5, 0.6) is 5.75 Å². The van der Waals surface area contributed by atoms with Crippen molar-refractivity contribution in [3.05, 3.63) is 64.7 Å². The van der Waals surface area contributed by atoms with Crippen LogP contribution in [0.3, 0.4) is 0 Å². The zero-order valence-electron chi connectivity index (χ0n) is 20.1. The molecule has 0 aliphatic rings. The Kier molecular flexibility index (Phi) is 9.06. The molecule has 0 radical (unpaired) electrons. The number of hydrogen-bond donors (Lipinski definition) is 1. The van der Waals surface area contributed by atoms with Gasteiger partial charge in [-0.3, -0.25) is 4.79 Å². The molecule has 32 heavy (non-hydrogen) atoms. The summed E-state index contributed by atoms with van der Waals surface area (Å²) in [5.74, 6) is 0.505. The van der Waals surface area contributed by atoms with Crippen molar-refractivity contribution in [2.24, 2.45) is 5.41 Å². The Morgan fingerprint density at radius 1 is 1.03 bits per heavy atom. The highest BCUT2D eigenvalue weighted by molar-refractivity contribution is 5.95. The van der Waals surface area contributed by atoms with Crippen molar-refractivity contribution in [1.82, 2.24) is 0 Å². The van der Waals surface area contributed by atoms with Crippen LogP contribution in [0.15, 0.2) is 42.5 Å². The highest BCUT2D eigenvalue weighted by Crippen LogP contribution is 2.26. The first-order chi connectivity index (χ1) is 15.1. The predicted molar refractivity (Wildman–Crippen MR) is 130 cm³/mol. The molecule has 0 atom stereocenters. The summed E-state index contributed by atoms with van der Waals surface area (Å²) in [7, 11) is 0. The summed E-state index contributed by atoms with van der Waals surface area (Å²) in [6, 6.07) is 11.8. The lowest BCUT2D eigenvalue weighted by molar-refractivity contribution is -0.137. The Balaban J connectivity index is 1.89. The van der Waals surface area contributed by atoms with E-state index < -0.39 is 5.41 Å². The van der Waals surface area contributed by atoms with Crippen LogP contribution in [0.2, 0.25) is 0 Å². The maximum Gasteiger partial charge on any atom is 0.330 e. The molecule has 0 spiro atoms. The third-order valence-electron chi connectivity index (χ3n) is 5.38. The number of esters is 1. The monoisotopic (exact) mass is 437 g/mol. The number of hydrogen-bond acceptors (Lipinski definition) is 4. The molecule has 2 rings (SSSR count). The average Bonchev–Trinajstić information content (AvgIpc) is 2.73. The van der Waals surface area contributed by atoms with Crippen LogP contribution in [0, 0.1) is 26.2 Å². The highest BCUT2D eigenvalue weighted by Gasteiger charge is 2.27. The number of ether oxygens (including phenoxy) is 2. The molecular weight excluding hydrogens is 402 g/mol. The molecule has 0 heterocycles. The number of benzene rings is 2. The smallest absolute Gasteiger partial charge is 0.330 e.